The highest BCUT2D eigenvalue weighted by Crippen LogP contribution is 2.28. The summed E-state index contributed by atoms with van der Waals surface area (Å²) in [6, 6.07) is 1.59. The predicted molar refractivity (Wildman–Crippen MR) is 99.8 cm³/mol. The van der Waals surface area contributed by atoms with E-state index >= 15 is 0 Å². The molecule has 1 atom stereocenters. The maximum atomic E-state index is 13.0. The molecule has 1 aliphatic heterocycles. The second kappa shape index (κ2) is 8.78. The number of carbonyl (C=O) groups excluding carboxylic acids is 2. The first-order valence-electron chi connectivity index (χ1n) is 8.78. The Morgan fingerprint density at radius 1 is 1.36 bits per heavy atom. The van der Waals surface area contributed by atoms with Crippen LogP contribution < -0.4 is 0 Å². The lowest BCUT2D eigenvalue weighted by Crippen LogP contribution is -2.46. The van der Waals surface area contributed by atoms with E-state index in [1.165, 1.54) is 22.6 Å². The first-order valence-corrected chi connectivity index (χ1v) is 9.59. The van der Waals surface area contributed by atoms with E-state index in [1.807, 2.05) is 6.07 Å². The zero-order chi connectivity index (χ0) is 18.6. The Kier molecular flexibility index (Phi) is 6.98. The van der Waals surface area contributed by atoms with Gasteiger partial charge in [0.1, 0.15) is 6.04 Å². The van der Waals surface area contributed by atoms with Crippen molar-refractivity contribution in [2.75, 3.05) is 41.3 Å². The van der Waals surface area contributed by atoms with E-state index in [0.717, 1.165) is 30.7 Å². The third-order valence-corrected chi connectivity index (χ3v) is 5.88. The standard InChI is InChI=1S/C18H29N3O3S/c1-6-13-12-16(25-15(13)9-11-19(2)3)18(23)21-10-7-8-14(21)17(22)20(4)24-5/h12,14H,6-11H2,1-5H3/t14-/m0/s1. The summed E-state index contributed by atoms with van der Waals surface area (Å²) in [5.74, 6) is -0.190. The van der Waals surface area contributed by atoms with Gasteiger partial charge in [-0.2, -0.15) is 0 Å². The van der Waals surface area contributed by atoms with Crippen LogP contribution >= 0.6 is 11.3 Å². The minimum atomic E-state index is -0.421. The topological polar surface area (TPSA) is 53.1 Å². The van der Waals surface area contributed by atoms with E-state index in [4.69, 9.17) is 4.84 Å². The van der Waals surface area contributed by atoms with Crippen molar-refractivity contribution in [3.05, 3.63) is 21.4 Å². The lowest BCUT2D eigenvalue weighted by atomic mass is 10.1. The molecule has 2 amide bonds. The van der Waals surface area contributed by atoms with Crippen molar-refractivity contribution in [3.8, 4) is 0 Å². The molecule has 7 heteroatoms. The van der Waals surface area contributed by atoms with Crippen molar-refractivity contribution in [1.82, 2.24) is 14.9 Å². The number of hydroxylamine groups is 2. The summed E-state index contributed by atoms with van der Waals surface area (Å²) in [5.41, 5.74) is 1.24. The number of hydrogen-bond donors (Lipinski definition) is 0. The normalized spacial score (nSPS) is 17.4. The van der Waals surface area contributed by atoms with E-state index in [-0.39, 0.29) is 11.8 Å². The summed E-state index contributed by atoms with van der Waals surface area (Å²) in [6.45, 7) is 3.70. The highest BCUT2D eigenvalue weighted by Gasteiger charge is 2.37. The average molecular weight is 368 g/mol. The number of likely N-dealkylation sites (tertiary alicyclic amines) is 1. The number of likely N-dealkylation sites (N-methyl/N-ethyl adjacent to an activating group) is 2. The average Bonchev–Trinajstić information content (AvgIpc) is 3.24. The summed E-state index contributed by atoms with van der Waals surface area (Å²) in [7, 11) is 7.15. The number of rotatable bonds is 7. The van der Waals surface area contributed by atoms with Crippen molar-refractivity contribution < 1.29 is 14.4 Å². The van der Waals surface area contributed by atoms with Gasteiger partial charge in [-0.15, -0.1) is 11.3 Å². The van der Waals surface area contributed by atoms with Gasteiger partial charge in [-0.1, -0.05) is 6.92 Å². The van der Waals surface area contributed by atoms with Gasteiger partial charge in [0.05, 0.1) is 12.0 Å². The number of aryl methyl sites for hydroxylation is 1. The van der Waals surface area contributed by atoms with E-state index < -0.39 is 6.04 Å². The van der Waals surface area contributed by atoms with Crippen molar-refractivity contribution in [2.45, 2.75) is 38.6 Å². The Balaban J connectivity index is 2.17. The molecule has 0 bridgehead atoms. The van der Waals surface area contributed by atoms with Crippen LogP contribution in [-0.2, 0) is 22.5 Å². The van der Waals surface area contributed by atoms with Crippen molar-refractivity contribution in [2.24, 2.45) is 0 Å². The van der Waals surface area contributed by atoms with Gasteiger partial charge >= 0.3 is 0 Å². The van der Waals surface area contributed by atoms with Crippen LogP contribution in [0.15, 0.2) is 6.07 Å². The summed E-state index contributed by atoms with van der Waals surface area (Å²) < 4.78 is 0. The van der Waals surface area contributed by atoms with Gasteiger partial charge in [-0.3, -0.25) is 14.4 Å². The molecule has 0 aliphatic carbocycles. The number of hydrogen-bond acceptors (Lipinski definition) is 5. The van der Waals surface area contributed by atoms with Crippen LogP contribution in [0.4, 0.5) is 0 Å². The van der Waals surface area contributed by atoms with E-state index in [1.54, 1.807) is 23.3 Å². The van der Waals surface area contributed by atoms with E-state index in [0.29, 0.717) is 13.0 Å². The quantitative estimate of drug-likeness (QED) is 0.692. The number of nitrogens with zero attached hydrogens (tertiary/aromatic N) is 3. The fourth-order valence-corrected chi connectivity index (χ4v) is 4.31. The first kappa shape index (κ1) is 19.9. The minimum Gasteiger partial charge on any atom is -0.326 e. The molecule has 25 heavy (non-hydrogen) atoms. The molecule has 1 fully saturated rings. The minimum absolute atomic E-state index is 0.0313. The lowest BCUT2D eigenvalue weighted by molar-refractivity contribution is -0.172. The first-order chi connectivity index (χ1) is 11.9. The second-order valence-electron chi connectivity index (χ2n) is 6.64. The molecule has 0 radical (unpaired) electrons. The van der Waals surface area contributed by atoms with Crippen LogP contribution in [-0.4, -0.2) is 74.1 Å². The molecule has 2 heterocycles. The van der Waals surface area contributed by atoms with Gasteiger partial charge in [-0.25, -0.2) is 5.06 Å². The number of amides is 2. The smallest absolute Gasteiger partial charge is 0.268 e. The molecule has 1 aromatic rings. The molecule has 2 rings (SSSR count). The van der Waals surface area contributed by atoms with Crippen molar-refractivity contribution >= 4 is 23.2 Å². The molecule has 1 aromatic heterocycles. The third-order valence-electron chi connectivity index (χ3n) is 4.66. The van der Waals surface area contributed by atoms with Crippen LogP contribution in [0.2, 0.25) is 0 Å². The van der Waals surface area contributed by atoms with Crippen molar-refractivity contribution in [3.63, 3.8) is 0 Å². The van der Waals surface area contributed by atoms with Gasteiger partial charge in [-0.05, 0) is 51.4 Å². The third kappa shape index (κ3) is 4.59. The SMILES string of the molecule is CCc1cc(C(=O)N2CCC[C@H]2C(=O)N(C)OC)sc1CCN(C)C. The van der Waals surface area contributed by atoms with E-state index in [2.05, 4.69) is 25.9 Å². The highest BCUT2D eigenvalue weighted by molar-refractivity contribution is 7.14. The molecule has 0 N–H and O–H groups in total. The van der Waals surface area contributed by atoms with Crippen LogP contribution in [0.5, 0.6) is 0 Å². The molecule has 0 aromatic carbocycles. The Bertz CT molecular complexity index is 615. The predicted octanol–water partition coefficient (Wildman–Crippen LogP) is 2.04. The molecular formula is C18H29N3O3S. The Labute approximate surface area is 154 Å². The zero-order valence-corrected chi connectivity index (χ0v) is 16.7. The largest absolute Gasteiger partial charge is 0.326 e. The fraction of sp³-hybridized carbons (Fsp3) is 0.667. The molecule has 0 saturated carbocycles. The fourth-order valence-electron chi connectivity index (χ4n) is 3.12. The van der Waals surface area contributed by atoms with Gasteiger partial charge in [0, 0.05) is 25.0 Å². The number of carbonyl (C=O) groups is 2. The second-order valence-corrected chi connectivity index (χ2v) is 7.78. The Morgan fingerprint density at radius 3 is 2.68 bits per heavy atom. The van der Waals surface area contributed by atoms with Crippen LogP contribution in [0, 0.1) is 0 Å². The van der Waals surface area contributed by atoms with Crippen molar-refractivity contribution in [1.29, 1.82) is 0 Å². The maximum absolute atomic E-state index is 13.0. The van der Waals surface area contributed by atoms with Gasteiger partial charge in [0.15, 0.2) is 0 Å². The molecule has 1 saturated heterocycles. The summed E-state index contributed by atoms with van der Waals surface area (Å²) in [6.07, 6.45) is 3.40. The monoisotopic (exact) mass is 367 g/mol. The molecule has 140 valence electrons. The lowest BCUT2D eigenvalue weighted by Gasteiger charge is -2.26. The van der Waals surface area contributed by atoms with Gasteiger partial charge in [0.2, 0.25) is 0 Å². The van der Waals surface area contributed by atoms with Crippen LogP contribution in [0.3, 0.4) is 0 Å². The molecule has 0 spiro atoms. The summed E-state index contributed by atoms with van der Waals surface area (Å²) >= 11 is 1.57. The summed E-state index contributed by atoms with van der Waals surface area (Å²) in [4.78, 5) is 36.3. The Hall–Kier alpha value is -1.44. The molecule has 6 nitrogen and oxygen atoms in total. The molecule has 0 unspecified atom stereocenters. The Morgan fingerprint density at radius 2 is 2.08 bits per heavy atom. The van der Waals surface area contributed by atoms with E-state index in [9.17, 15) is 9.59 Å². The van der Waals surface area contributed by atoms with Crippen LogP contribution in [0.1, 0.15) is 39.9 Å². The number of thiophene rings is 1. The van der Waals surface area contributed by atoms with Crippen LogP contribution in [0.25, 0.3) is 0 Å². The highest BCUT2D eigenvalue weighted by atomic mass is 32.1. The zero-order valence-electron chi connectivity index (χ0n) is 15.9. The van der Waals surface area contributed by atoms with Gasteiger partial charge < -0.3 is 9.80 Å². The van der Waals surface area contributed by atoms with Gasteiger partial charge in [0.25, 0.3) is 11.8 Å². The molecule has 1 aliphatic rings. The maximum Gasteiger partial charge on any atom is 0.268 e. The summed E-state index contributed by atoms with van der Waals surface area (Å²) in [5, 5.41) is 1.21. The molecular weight excluding hydrogens is 338 g/mol.